The van der Waals surface area contributed by atoms with Crippen molar-refractivity contribution in [2.75, 3.05) is 7.11 Å². The van der Waals surface area contributed by atoms with E-state index in [-0.39, 0.29) is 0 Å². The molecule has 1 rings (SSSR count). The van der Waals surface area contributed by atoms with Gasteiger partial charge in [0.15, 0.2) is 0 Å². The van der Waals surface area contributed by atoms with Crippen LogP contribution in [-0.4, -0.2) is 7.11 Å². The van der Waals surface area contributed by atoms with Crippen LogP contribution in [0.25, 0.3) is 0 Å². The van der Waals surface area contributed by atoms with Crippen LogP contribution < -0.4 is 4.74 Å². The van der Waals surface area contributed by atoms with Crippen molar-refractivity contribution in [3.05, 3.63) is 36.1 Å². The van der Waals surface area contributed by atoms with Crippen LogP contribution in [0.5, 0.6) is 5.75 Å². The van der Waals surface area contributed by atoms with E-state index < -0.39 is 0 Å². The lowest BCUT2D eigenvalue weighted by Gasteiger charge is -2.05. The summed E-state index contributed by atoms with van der Waals surface area (Å²) in [6.07, 6.45) is 3.72. The number of hydrogen-bond acceptors (Lipinski definition) is 2. The molecule has 1 aromatic carbocycles. The quantitative estimate of drug-likeness (QED) is 0.684. The predicted molar refractivity (Wildman–Crippen MR) is 49.6 cm³/mol. The Kier molecular flexibility index (Phi) is 3.30. The number of para-hydroxylation sites is 1. The number of thioether (sulfide) groups is 1. The van der Waals surface area contributed by atoms with E-state index in [4.69, 9.17) is 4.74 Å². The van der Waals surface area contributed by atoms with Crippen molar-refractivity contribution in [1.29, 1.82) is 0 Å². The largest absolute Gasteiger partial charge is 0.496 e. The minimum Gasteiger partial charge on any atom is -0.496 e. The van der Waals surface area contributed by atoms with E-state index in [1.165, 1.54) is 5.56 Å². The fourth-order valence-corrected chi connectivity index (χ4v) is 1.39. The van der Waals surface area contributed by atoms with Crippen LogP contribution in [-0.2, 0) is 5.75 Å². The summed E-state index contributed by atoms with van der Waals surface area (Å²) in [7, 11) is 1.69. The highest BCUT2D eigenvalue weighted by Gasteiger charge is 1.98. The maximum atomic E-state index is 5.16. The second-order valence-electron chi connectivity index (χ2n) is 2.16. The van der Waals surface area contributed by atoms with Crippen LogP contribution in [0.1, 0.15) is 5.56 Å². The van der Waals surface area contributed by atoms with Crippen molar-refractivity contribution in [3.8, 4) is 5.75 Å². The second-order valence-corrected chi connectivity index (χ2v) is 2.86. The third-order valence-electron chi connectivity index (χ3n) is 1.45. The minimum absolute atomic E-state index is 0.907. The summed E-state index contributed by atoms with van der Waals surface area (Å²) in [5.74, 6) is 1.85. The number of ether oxygens (including phenoxy) is 1. The van der Waals surface area contributed by atoms with Crippen molar-refractivity contribution < 1.29 is 4.74 Å². The SMILES string of the molecule is [CH2]SCc1ccccc1OC. The molecule has 0 aliphatic rings. The van der Waals surface area contributed by atoms with Crippen LogP contribution >= 0.6 is 11.8 Å². The molecule has 0 N–H and O–H groups in total. The van der Waals surface area contributed by atoms with Gasteiger partial charge in [-0.1, -0.05) is 18.2 Å². The first-order valence-electron chi connectivity index (χ1n) is 3.37. The molecule has 1 nitrogen and oxygen atoms in total. The second kappa shape index (κ2) is 4.29. The zero-order valence-electron chi connectivity index (χ0n) is 6.54. The van der Waals surface area contributed by atoms with E-state index in [0.29, 0.717) is 0 Å². The standard InChI is InChI=1S/C9H11OS/c1-10-9-6-4-3-5-8(9)7-11-2/h3-6H,2,7H2,1H3. The molecule has 0 heterocycles. The number of hydrogen-bond donors (Lipinski definition) is 0. The average molecular weight is 167 g/mol. The van der Waals surface area contributed by atoms with Gasteiger partial charge in [0.25, 0.3) is 0 Å². The van der Waals surface area contributed by atoms with Crippen LogP contribution in [0.2, 0.25) is 0 Å². The molecule has 0 fully saturated rings. The van der Waals surface area contributed by atoms with Gasteiger partial charge in [-0.15, -0.1) is 0 Å². The van der Waals surface area contributed by atoms with Crippen molar-refractivity contribution >= 4 is 11.8 Å². The Bertz CT molecular complexity index is 223. The van der Waals surface area contributed by atoms with E-state index in [9.17, 15) is 0 Å². The molecule has 0 saturated heterocycles. The lowest BCUT2D eigenvalue weighted by molar-refractivity contribution is 0.411. The highest BCUT2D eigenvalue weighted by atomic mass is 32.2. The van der Waals surface area contributed by atoms with Crippen molar-refractivity contribution in [3.63, 3.8) is 0 Å². The van der Waals surface area contributed by atoms with E-state index >= 15 is 0 Å². The topological polar surface area (TPSA) is 9.23 Å². The maximum absolute atomic E-state index is 5.16. The van der Waals surface area contributed by atoms with Gasteiger partial charge in [-0.25, -0.2) is 0 Å². The lowest BCUT2D eigenvalue weighted by Crippen LogP contribution is -1.88. The Balaban J connectivity index is 2.83. The summed E-state index contributed by atoms with van der Waals surface area (Å²) in [5, 5.41) is 0. The molecule has 11 heavy (non-hydrogen) atoms. The molecule has 59 valence electrons. The smallest absolute Gasteiger partial charge is 0.122 e. The molecule has 0 aromatic heterocycles. The zero-order chi connectivity index (χ0) is 8.10. The average Bonchev–Trinajstić information content (AvgIpc) is 2.06. The molecular formula is C9H11OS. The normalized spacial score (nSPS) is 9.64. The van der Waals surface area contributed by atoms with Crippen LogP contribution in [0.3, 0.4) is 0 Å². The van der Waals surface area contributed by atoms with Gasteiger partial charge in [0, 0.05) is 17.6 Å². The molecule has 0 aliphatic carbocycles. The highest BCUT2D eigenvalue weighted by molar-refractivity contribution is 7.99. The van der Waals surface area contributed by atoms with Gasteiger partial charge in [-0.05, 0) is 6.07 Å². The molecule has 0 atom stereocenters. The first kappa shape index (κ1) is 8.47. The molecule has 0 unspecified atom stereocenters. The summed E-state index contributed by atoms with van der Waals surface area (Å²) in [5.41, 5.74) is 1.20. The van der Waals surface area contributed by atoms with Crippen LogP contribution in [0, 0.1) is 6.26 Å². The Morgan fingerprint density at radius 2 is 2.18 bits per heavy atom. The molecule has 0 spiro atoms. The predicted octanol–water partition coefficient (Wildman–Crippen LogP) is 2.72. The van der Waals surface area contributed by atoms with Crippen molar-refractivity contribution in [1.82, 2.24) is 0 Å². The minimum atomic E-state index is 0.907. The fourth-order valence-electron chi connectivity index (χ4n) is 0.932. The Labute approximate surface area is 71.8 Å². The van der Waals surface area contributed by atoms with Gasteiger partial charge in [0.2, 0.25) is 0 Å². The van der Waals surface area contributed by atoms with E-state index in [2.05, 4.69) is 12.3 Å². The van der Waals surface area contributed by atoms with Gasteiger partial charge < -0.3 is 4.74 Å². The Morgan fingerprint density at radius 1 is 1.45 bits per heavy atom. The van der Waals surface area contributed by atoms with Crippen molar-refractivity contribution in [2.45, 2.75) is 5.75 Å². The van der Waals surface area contributed by atoms with Gasteiger partial charge in [0.1, 0.15) is 5.75 Å². The fraction of sp³-hybridized carbons (Fsp3) is 0.222. The van der Waals surface area contributed by atoms with E-state index in [1.54, 1.807) is 18.9 Å². The van der Waals surface area contributed by atoms with Gasteiger partial charge in [-0.2, -0.15) is 11.8 Å². The summed E-state index contributed by atoms with van der Waals surface area (Å²) in [6.45, 7) is 0. The van der Waals surface area contributed by atoms with Crippen LogP contribution in [0.15, 0.2) is 24.3 Å². The third kappa shape index (κ3) is 2.15. The summed E-state index contributed by atoms with van der Waals surface area (Å²) in [4.78, 5) is 0. The first-order chi connectivity index (χ1) is 5.38. The molecule has 0 bridgehead atoms. The summed E-state index contributed by atoms with van der Waals surface area (Å²) >= 11 is 1.55. The number of rotatable bonds is 3. The van der Waals surface area contributed by atoms with Crippen LogP contribution in [0.4, 0.5) is 0 Å². The number of methoxy groups -OCH3 is 1. The first-order valence-corrected chi connectivity index (χ1v) is 4.53. The van der Waals surface area contributed by atoms with Gasteiger partial charge >= 0.3 is 0 Å². The van der Waals surface area contributed by atoms with E-state index in [1.807, 2.05) is 18.2 Å². The van der Waals surface area contributed by atoms with E-state index in [0.717, 1.165) is 11.5 Å². The molecule has 2 heteroatoms. The summed E-state index contributed by atoms with van der Waals surface area (Å²) < 4.78 is 5.16. The molecule has 1 aromatic rings. The summed E-state index contributed by atoms with van der Waals surface area (Å²) in [6, 6.07) is 7.99. The zero-order valence-corrected chi connectivity index (χ0v) is 7.36. The Hall–Kier alpha value is -0.630. The number of benzene rings is 1. The van der Waals surface area contributed by atoms with Gasteiger partial charge in [0.05, 0.1) is 7.11 Å². The Morgan fingerprint density at radius 3 is 2.82 bits per heavy atom. The van der Waals surface area contributed by atoms with Crippen molar-refractivity contribution in [2.24, 2.45) is 0 Å². The third-order valence-corrected chi connectivity index (χ3v) is 1.97. The molecule has 1 radical (unpaired) electrons. The molecular weight excluding hydrogens is 156 g/mol. The lowest BCUT2D eigenvalue weighted by atomic mass is 10.2. The maximum Gasteiger partial charge on any atom is 0.122 e. The monoisotopic (exact) mass is 167 g/mol. The highest BCUT2D eigenvalue weighted by Crippen LogP contribution is 2.21. The van der Waals surface area contributed by atoms with Gasteiger partial charge in [-0.3, -0.25) is 0 Å². The molecule has 0 saturated carbocycles. The molecule has 0 amide bonds. The molecule has 0 aliphatic heterocycles.